The zero-order valence-corrected chi connectivity index (χ0v) is 9.37. The van der Waals surface area contributed by atoms with Crippen molar-refractivity contribution in [3.8, 4) is 0 Å². The lowest BCUT2D eigenvalue weighted by Gasteiger charge is -2.32. The Hall–Kier alpha value is -0.820. The van der Waals surface area contributed by atoms with E-state index in [-0.39, 0.29) is 5.38 Å². The van der Waals surface area contributed by atoms with Gasteiger partial charge in [-0.3, -0.25) is 4.99 Å². The van der Waals surface area contributed by atoms with E-state index in [2.05, 4.69) is 29.3 Å². The summed E-state index contributed by atoms with van der Waals surface area (Å²) in [5.74, 6) is 0.506. The average Bonchev–Trinajstić information content (AvgIpc) is 2.29. The Labute approximate surface area is 95.2 Å². The lowest BCUT2D eigenvalue weighted by molar-refractivity contribution is 0.646. The highest BCUT2D eigenvalue weighted by Gasteiger charge is 2.30. The Morgan fingerprint density at radius 1 is 1.20 bits per heavy atom. The van der Waals surface area contributed by atoms with Crippen molar-refractivity contribution in [2.75, 3.05) is 6.54 Å². The van der Waals surface area contributed by atoms with Crippen LogP contribution in [0.5, 0.6) is 0 Å². The van der Waals surface area contributed by atoms with Crippen LogP contribution in [0.25, 0.3) is 0 Å². The monoisotopic (exact) mass is 219 g/mol. The van der Waals surface area contributed by atoms with Crippen LogP contribution >= 0.6 is 11.6 Å². The number of hydrogen-bond donors (Lipinski definition) is 0. The van der Waals surface area contributed by atoms with Crippen molar-refractivity contribution in [3.63, 3.8) is 0 Å². The van der Waals surface area contributed by atoms with Crippen LogP contribution in [0, 0.1) is 0 Å². The van der Waals surface area contributed by atoms with Crippen LogP contribution in [-0.4, -0.2) is 17.6 Å². The van der Waals surface area contributed by atoms with Gasteiger partial charge >= 0.3 is 0 Å². The van der Waals surface area contributed by atoms with E-state index in [1.54, 1.807) is 0 Å². The van der Waals surface area contributed by atoms with Gasteiger partial charge in [0.25, 0.3) is 0 Å². The first-order chi connectivity index (χ1) is 7.34. The molecule has 0 radical (unpaired) electrons. The van der Waals surface area contributed by atoms with Crippen LogP contribution in [0.2, 0.25) is 0 Å². The lowest BCUT2D eigenvalue weighted by Crippen LogP contribution is -2.28. The summed E-state index contributed by atoms with van der Waals surface area (Å²) in [6.07, 6.45) is 3.35. The van der Waals surface area contributed by atoms with Gasteiger partial charge in [0.15, 0.2) is 0 Å². The first-order valence-corrected chi connectivity index (χ1v) is 6.03. The second-order valence-electron chi connectivity index (χ2n) is 4.42. The molecule has 1 aliphatic carbocycles. The zero-order valence-electron chi connectivity index (χ0n) is 8.62. The molecule has 2 atom stereocenters. The molecule has 2 aliphatic rings. The molecular formula is C13H14ClN. The Morgan fingerprint density at radius 2 is 2.07 bits per heavy atom. The van der Waals surface area contributed by atoms with E-state index in [0.717, 1.165) is 25.8 Å². The fourth-order valence-electron chi connectivity index (χ4n) is 2.72. The zero-order chi connectivity index (χ0) is 10.3. The van der Waals surface area contributed by atoms with Crippen molar-refractivity contribution >= 4 is 17.3 Å². The minimum absolute atomic E-state index is 0.227. The molecule has 0 spiro atoms. The number of hydrogen-bond acceptors (Lipinski definition) is 1. The summed E-state index contributed by atoms with van der Waals surface area (Å²) in [5, 5.41) is 0.227. The smallest absolute Gasteiger partial charge is 0.0553 e. The predicted octanol–water partition coefficient (Wildman–Crippen LogP) is 3.17. The van der Waals surface area contributed by atoms with Gasteiger partial charge in [0.05, 0.1) is 11.9 Å². The van der Waals surface area contributed by atoms with E-state index >= 15 is 0 Å². The van der Waals surface area contributed by atoms with Gasteiger partial charge in [-0.15, -0.1) is 11.6 Å². The van der Waals surface area contributed by atoms with Crippen molar-refractivity contribution in [2.24, 2.45) is 4.99 Å². The van der Waals surface area contributed by atoms with Crippen LogP contribution in [-0.2, 0) is 6.42 Å². The fourth-order valence-corrected chi connectivity index (χ4v) is 2.96. The molecule has 2 unspecified atom stereocenters. The number of rotatable bonds is 0. The van der Waals surface area contributed by atoms with Crippen molar-refractivity contribution in [3.05, 3.63) is 35.4 Å². The van der Waals surface area contributed by atoms with Gasteiger partial charge in [0.2, 0.25) is 0 Å². The molecule has 0 amide bonds. The summed E-state index contributed by atoms with van der Waals surface area (Å²) in [5.41, 5.74) is 4.34. The molecule has 0 saturated carbocycles. The van der Waals surface area contributed by atoms with Gasteiger partial charge in [-0.1, -0.05) is 24.3 Å². The summed E-state index contributed by atoms with van der Waals surface area (Å²) in [4.78, 5) is 4.62. The first-order valence-electron chi connectivity index (χ1n) is 5.59. The molecular weight excluding hydrogens is 206 g/mol. The Bertz CT molecular complexity index is 411. The van der Waals surface area contributed by atoms with E-state index in [9.17, 15) is 0 Å². The third kappa shape index (κ3) is 1.59. The molecule has 0 aromatic heterocycles. The van der Waals surface area contributed by atoms with Crippen molar-refractivity contribution < 1.29 is 0 Å². The largest absolute Gasteiger partial charge is 0.292 e. The van der Waals surface area contributed by atoms with Crippen LogP contribution in [0.4, 0.5) is 0 Å². The molecule has 0 bridgehead atoms. The Morgan fingerprint density at radius 3 is 3.00 bits per heavy atom. The number of halogens is 1. The van der Waals surface area contributed by atoms with Gasteiger partial charge < -0.3 is 0 Å². The summed E-state index contributed by atoms with van der Waals surface area (Å²) >= 11 is 6.20. The molecule has 1 nitrogen and oxygen atoms in total. The maximum atomic E-state index is 6.20. The van der Waals surface area contributed by atoms with Gasteiger partial charge in [-0.25, -0.2) is 0 Å². The molecule has 0 fully saturated rings. The molecule has 1 heterocycles. The molecule has 1 aromatic carbocycles. The van der Waals surface area contributed by atoms with Gasteiger partial charge in [0.1, 0.15) is 0 Å². The molecule has 0 N–H and O–H groups in total. The summed E-state index contributed by atoms with van der Waals surface area (Å²) in [7, 11) is 0. The minimum Gasteiger partial charge on any atom is -0.292 e. The quantitative estimate of drug-likeness (QED) is 0.595. The minimum atomic E-state index is 0.227. The van der Waals surface area contributed by atoms with Crippen molar-refractivity contribution in [1.82, 2.24) is 0 Å². The summed E-state index contributed by atoms with van der Waals surface area (Å²) in [6, 6.07) is 8.73. The van der Waals surface area contributed by atoms with Crippen molar-refractivity contribution in [1.29, 1.82) is 0 Å². The normalized spacial score (nSPS) is 29.0. The number of fused-ring (bicyclic) bond motifs is 3. The molecule has 1 aromatic rings. The third-order valence-corrected chi connectivity index (χ3v) is 3.78. The number of benzene rings is 1. The van der Waals surface area contributed by atoms with Crippen LogP contribution < -0.4 is 0 Å². The van der Waals surface area contributed by atoms with Gasteiger partial charge in [-0.05, 0) is 30.4 Å². The van der Waals surface area contributed by atoms with Gasteiger partial charge in [-0.2, -0.15) is 0 Å². The van der Waals surface area contributed by atoms with Crippen LogP contribution in [0.3, 0.4) is 0 Å². The average molecular weight is 220 g/mol. The highest BCUT2D eigenvalue weighted by Crippen LogP contribution is 2.36. The standard InChI is InChI=1S/C13H14ClN/c14-10-7-12-11-4-2-1-3-9(11)5-6-13(12)15-8-10/h1-4,10,12H,5-8H2. The van der Waals surface area contributed by atoms with Crippen molar-refractivity contribution in [2.45, 2.75) is 30.6 Å². The molecule has 0 saturated heterocycles. The lowest BCUT2D eigenvalue weighted by atomic mass is 9.77. The maximum absolute atomic E-state index is 6.20. The summed E-state index contributed by atoms with van der Waals surface area (Å²) in [6.45, 7) is 0.815. The first kappa shape index (κ1) is 9.41. The number of aryl methyl sites for hydroxylation is 1. The SMILES string of the molecule is ClC1CN=C2CCc3ccccc3C2C1. The van der Waals surface area contributed by atoms with Gasteiger partial charge in [0, 0.05) is 11.6 Å². The molecule has 1 aliphatic heterocycles. The predicted molar refractivity (Wildman–Crippen MR) is 64.1 cm³/mol. The van der Waals surface area contributed by atoms with E-state index in [1.807, 2.05) is 0 Å². The van der Waals surface area contributed by atoms with Crippen LogP contribution in [0.15, 0.2) is 29.3 Å². The maximum Gasteiger partial charge on any atom is 0.0553 e. The van der Waals surface area contributed by atoms with E-state index in [1.165, 1.54) is 16.8 Å². The fraction of sp³-hybridized carbons (Fsp3) is 0.462. The highest BCUT2D eigenvalue weighted by molar-refractivity contribution is 6.21. The molecule has 15 heavy (non-hydrogen) atoms. The number of aliphatic imine (C=N–C) groups is 1. The molecule has 2 heteroatoms. The number of nitrogens with zero attached hydrogens (tertiary/aromatic N) is 1. The van der Waals surface area contributed by atoms with E-state index in [0.29, 0.717) is 5.92 Å². The second kappa shape index (κ2) is 3.64. The second-order valence-corrected chi connectivity index (χ2v) is 5.03. The van der Waals surface area contributed by atoms with E-state index in [4.69, 9.17) is 11.6 Å². The topological polar surface area (TPSA) is 12.4 Å². The third-order valence-electron chi connectivity index (χ3n) is 3.47. The van der Waals surface area contributed by atoms with Crippen LogP contribution in [0.1, 0.15) is 29.9 Å². The Kier molecular flexibility index (Phi) is 2.28. The molecule has 78 valence electrons. The molecule has 3 rings (SSSR count). The van der Waals surface area contributed by atoms with E-state index < -0.39 is 0 Å². The highest BCUT2D eigenvalue weighted by atomic mass is 35.5. The summed E-state index contributed by atoms with van der Waals surface area (Å²) < 4.78 is 0. The number of alkyl halides is 1. The Balaban J connectivity index is 2.05.